The average Bonchev–Trinajstić information content (AvgIpc) is 3.69. The molecule has 2 fully saturated rings. The fraction of sp³-hybridized carbons (Fsp3) is 0.400. The number of aromatic amines is 2. The van der Waals surface area contributed by atoms with E-state index in [4.69, 9.17) is 24.3 Å². The Morgan fingerprint density at radius 3 is 2.61 bits per heavy atom. The number of aromatic nitrogens is 8. The second-order valence-corrected chi connectivity index (χ2v) is 10.4. The SMILES string of the molecule is Nc1nc2c(ncn2[C@@H]2O[C@H](CO)CC2OP(=O)(O)O/C=C2/O[C@@H](n3cnc4c(=O)[nH]cnc43)[C@@H](F)[C@@H]2O)c(=O)[nH]1. The van der Waals surface area contributed by atoms with E-state index in [-0.39, 0.29) is 34.7 Å². The Hall–Kier alpha value is -4.20. The van der Waals surface area contributed by atoms with Gasteiger partial charge in [-0.05, 0) is 0 Å². The number of phosphoric ester groups is 1. The number of nitrogen functional groups attached to an aromatic ring is 1. The van der Waals surface area contributed by atoms with Crippen LogP contribution in [0.3, 0.4) is 0 Å². The number of nitrogens with two attached hydrogens (primary N) is 1. The summed E-state index contributed by atoms with van der Waals surface area (Å²) >= 11 is 0. The minimum atomic E-state index is -5.00. The van der Waals surface area contributed by atoms with E-state index in [0.717, 1.165) is 17.2 Å². The number of phosphoric acid groups is 1. The molecule has 218 valence electrons. The maximum absolute atomic E-state index is 15.0. The molecule has 7 N–H and O–H groups in total. The van der Waals surface area contributed by atoms with Crippen LogP contribution in [0.15, 0.2) is 40.6 Å². The molecule has 2 saturated heterocycles. The van der Waals surface area contributed by atoms with Crippen molar-refractivity contribution in [2.45, 2.75) is 43.4 Å². The first-order chi connectivity index (χ1) is 19.6. The molecule has 0 spiro atoms. The highest BCUT2D eigenvalue weighted by Crippen LogP contribution is 2.50. The molecule has 6 rings (SSSR count). The Bertz CT molecular complexity index is 1820. The third kappa shape index (κ3) is 4.75. The Morgan fingerprint density at radius 1 is 1.17 bits per heavy atom. The summed E-state index contributed by atoms with van der Waals surface area (Å²) in [6.07, 6.45) is -5.02. The summed E-state index contributed by atoms with van der Waals surface area (Å²) < 4.78 is 51.4. The number of rotatable bonds is 7. The Balaban J connectivity index is 1.21. The number of halogens is 1. The molecule has 0 amide bonds. The number of aliphatic hydroxyl groups is 2. The molecular formula is C20H21FN9O10P. The number of nitrogens with one attached hydrogen (secondary N) is 2. The van der Waals surface area contributed by atoms with Crippen molar-refractivity contribution in [2.24, 2.45) is 0 Å². The Kier molecular flexibility index (Phi) is 6.59. The standard InChI is InChI=1S/C20H21FN9O10P/c21-10-13(32)9(39-19(10)29-5-25-11-14(29)23-4-24-16(11)33)3-37-41(35,36)40-8-1-7(2-31)38-18(8)30-6-26-12-15(30)27-20(22)28-17(12)34/h3-8,10,13,18-19,31-32H,1-2H2,(H,35,36)(H,23,24,33)(H3,22,27,28,34)/b9-3+/t7-,8?,10-,13+,18+,19+/m0/s1. The van der Waals surface area contributed by atoms with Gasteiger partial charge in [-0.2, -0.15) is 4.98 Å². The number of H-pyrrole nitrogens is 2. The summed E-state index contributed by atoms with van der Waals surface area (Å²) in [5.41, 5.74) is 4.20. The first-order valence-corrected chi connectivity index (χ1v) is 13.3. The van der Waals surface area contributed by atoms with Crippen molar-refractivity contribution in [1.82, 2.24) is 39.0 Å². The summed E-state index contributed by atoms with van der Waals surface area (Å²) in [7, 11) is -5.00. The minimum absolute atomic E-state index is 0.00902. The zero-order chi connectivity index (χ0) is 29.1. The van der Waals surface area contributed by atoms with Gasteiger partial charge < -0.3 is 34.9 Å². The van der Waals surface area contributed by atoms with Crippen molar-refractivity contribution in [1.29, 1.82) is 0 Å². The van der Waals surface area contributed by atoms with Crippen LogP contribution >= 0.6 is 7.82 Å². The van der Waals surface area contributed by atoms with Crippen molar-refractivity contribution in [2.75, 3.05) is 12.3 Å². The maximum atomic E-state index is 15.0. The summed E-state index contributed by atoms with van der Waals surface area (Å²) in [6, 6.07) is 0. The molecule has 0 radical (unpaired) electrons. The summed E-state index contributed by atoms with van der Waals surface area (Å²) in [5.74, 6) is -0.772. The van der Waals surface area contributed by atoms with E-state index >= 15 is 0 Å². The fourth-order valence-electron chi connectivity index (χ4n) is 4.56. The number of imidazole rings is 2. The van der Waals surface area contributed by atoms with Crippen LogP contribution in [0.25, 0.3) is 22.3 Å². The Labute approximate surface area is 225 Å². The highest BCUT2D eigenvalue weighted by molar-refractivity contribution is 7.47. The topological polar surface area (TPSA) is 268 Å². The van der Waals surface area contributed by atoms with Crippen LogP contribution in [0.5, 0.6) is 0 Å². The number of aliphatic hydroxyl groups excluding tert-OH is 2. The third-order valence-electron chi connectivity index (χ3n) is 6.41. The molecule has 41 heavy (non-hydrogen) atoms. The van der Waals surface area contributed by atoms with Gasteiger partial charge >= 0.3 is 7.82 Å². The van der Waals surface area contributed by atoms with Crippen LogP contribution < -0.4 is 16.9 Å². The molecule has 2 aliphatic rings. The first-order valence-electron chi connectivity index (χ1n) is 11.8. The normalized spacial score (nSPS) is 28.8. The van der Waals surface area contributed by atoms with Gasteiger partial charge in [-0.25, -0.2) is 23.9 Å². The number of fused-ring (bicyclic) bond motifs is 2. The van der Waals surface area contributed by atoms with Crippen molar-refractivity contribution in [3.63, 3.8) is 0 Å². The number of hydrogen-bond donors (Lipinski definition) is 6. The van der Waals surface area contributed by atoms with Crippen LogP contribution in [0.1, 0.15) is 18.9 Å². The molecule has 0 aliphatic carbocycles. The average molecular weight is 597 g/mol. The van der Waals surface area contributed by atoms with Crippen molar-refractivity contribution in [3.8, 4) is 0 Å². The predicted octanol–water partition coefficient (Wildman–Crippen LogP) is -1.31. The van der Waals surface area contributed by atoms with Crippen molar-refractivity contribution in [3.05, 3.63) is 51.7 Å². The number of nitrogens with zero attached hydrogens (tertiary/aromatic N) is 6. The molecule has 0 saturated carbocycles. The lowest BCUT2D eigenvalue weighted by Crippen LogP contribution is -2.24. The lowest BCUT2D eigenvalue weighted by atomic mass is 10.2. The van der Waals surface area contributed by atoms with Crippen LogP contribution in [0.4, 0.5) is 10.3 Å². The first kappa shape index (κ1) is 27.0. The van der Waals surface area contributed by atoms with Gasteiger partial charge in [0.05, 0.1) is 25.4 Å². The zero-order valence-electron chi connectivity index (χ0n) is 20.5. The number of hydrogen-bond acceptors (Lipinski definition) is 14. The van der Waals surface area contributed by atoms with E-state index in [1.807, 2.05) is 0 Å². The molecule has 4 aromatic rings. The van der Waals surface area contributed by atoms with Gasteiger partial charge in [0.25, 0.3) is 11.1 Å². The van der Waals surface area contributed by atoms with Gasteiger partial charge in [0.15, 0.2) is 46.6 Å². The monoisotopic (exact) mass is 597 g/mol. The molecule has 2 aliphatic heterocycles. The van der Waals surface area contributed by atoms with E-state index in [1.54, 1.807) is 0 Å². The van der Waals surface area contributed by atoms with Crippen LogP contribution in [0, 0.1) is 0 Å². The van der Waals surface area contributed by atoms with Crippen molar-refractivity contribution >= 4 is 36.1 Å². The fourth-order valence-corrected chi connectivity index (χ4v) is 5.38. The smallest absolute Gasteiger partial charge is 0.465 e. The van der Waals surface area contributed by atoms with E-state index in [9.17, 15) is 33.7 Å². The van der Waals surface area contributed by atoms with Gasteiger partial charge in [0, 0.05) is 6.42 Å². The highest BCUT2D eigenvalue weighted by Gasteiger charge is 2.46. The van der Waals surface area contributed by atoms with Gasteiger partial charge in [0.2, 0.25) is 12.2 Å². The molecule has 7 atom stereocenters. The lowest BCUT2D eigenvalue weighted by molar-refractivity contribution is -0.0481. The molecule has 6 heterocycles. The van der Waals surface area contributed by atoms with Gasteiger partial charge in [-0.3, -0.25) is 33.1 Å². The third-order valence-corrected chi connectivity index (χ3v) is 7.31. The highest BCUT2D eigenvalue weighted by atomic mass is 31.2. The minimum Gasteiger partial charge on any atom is -0.465 e. The largest absolute Gasteiger partial charge is 0.527 e. The zero-order valence-corrected chi connectivity index (χ0v) is 21.4. The lowest BCUT2D eigenvalue weighted by Gasteiger charge is -2.22. The van der Waals surface area contributed by atoms with Crippen LogP contribution in [-0.4, -0.2) is 85.2 Å². The molecule has 4 aromatic heterocycles. The van der Waals surface area contributed by atoms with Gasteiger partial charge in [-0.15, -0.1) is 0 Å². The molecule has 19 nitrogen and oxygen atoms in total. The Morgan fingerprint density at radius 2 is 1.88 bits per heavy atom. The van der Waals surface area contributed by atoms with Gasteiger partial charge in [-0.1, -0.05) is 0 Å². The number of alkyl halides is 1. The number of anilines is 1. The van der Waals surface area contributed by atoms with Crippen LogP contribution in [0.2, 0.25) is 0 Å². The molecular weight excluding hydrogens is 576 g/mol. The van der Waals surface area contributed by atoms with Crippen molar-refractivity contribution < 1.29 is 42.6 Å². The van der Waals surface area contributed by atoms with E-state index in [1.165, 1.54) is 10.9 Å². The predicted molar refractivity (Wildman–Crippen MR) is 131 cm³/mol. The van der Waals surface area contributed by atoms with E-state index in [0.29, 0.717) is 6.26 Å². The maximum Gasteiger partial charge on any atom is 0.527 e. The van der Waals surface area contributed by atoms with E-state index in [2.05, 4.69) is 29.9 Å². The summed E-state index contributed by atoms with van der Waals surface area (Å²) in [6.45, 7) is -0.469. The second kappa shape index (κ2) is 10.0. The quantitative estimate of drug-likeness (QED) is 0.107. The summed E-state index contributed by atoms with van der Waals surface area (Å²) in [4.78, 5) is 54.9. The second-order valence-electron chi connectivity index (χ2n) is 9.03. The van der Waals surface area contributed by atoms with Gasteiger partial charge in [0.1, 0.15) is 18.7 Å². The molecule has 0 aromatic carbocycles. The summed E-state index contributed by atoms with van der Waals surface area (Å²) in [5, 5.41) is 19.9. The molecule has 2 unspecified atom stereocenters. The van der Waals surface area contributed by atoms with E-state index < -0.39 is 68.2 Å². The number of ether oxygens (including phenoxy) is 2. The van der Waals surface area contributed by atoms with Crippen LogP contribution in [-0.2, 0) is 23.1 Å². The molecule has 0 bridgehead atoms. The molecule has 21 heteroatoms.